The Bertz CT molecular complexity index is 1760. The van der Waals surface area contributed by atoms with Gasteiger partial charge in [-0.3, -0.25) is 14.7 Å². The van der Waals surface area contributed by atoms with E-state index in [9.17, 15) is 41.8 Å². The Morgan fingerprint density at radius 3 is 1.85 bits per heavy atom. The third kappa shape index (κ3) is 5.82. The van der Waals surface area contributed by atoms with Gasteiger partial charge >= 0.3 is 0 Å². The fourth-order valence-corrected chi connectivity index (χ4v) is 4.82. The van der Waals surface area contributed by atoms with Crippen LogP contribution in [0.5, 0.6) is 5.75 Å². The highest BCUT2D eigenvalue weighted by molar-refractivity contribution is 8.19. The number of rotatable bonds is 7. The number of hydrogen-bond acceptors (Lipinski definition) is 13. The Labute approximate surface area is 221 Å². The van der Waals surface area contributed by atoms with Crippen molar-refractivity contribution in [1.29, 1.82) is 0 Å². The Morgan fingerprint density at radius 1 is 0.769 bits per heavy atom. The van der Waals surface area contributed by atoms with E-state index in [0.29, 0.717) is 5.69 Å². The lowest BCUT2D eigenvalue weighted by atomic mass is 10.1. The summed E-state index contributed by atoms with van der Waals surface area (Å²) >= 11 is 0. The molecule has 4 aromatic carbocycles. The Hall–Kier alpha value is -4.52. The zero-order chi connectivity index (χ0) is 28.5. The second-order valence-electron chi connectivity index (χ2n) is 7.81. The van der Waals surface area contributed by atoms with Crippen molar-refractivity contribution in [2.24, 2.45) is 20.5 Å². The van der Waals surface area contributed by atoms with Crippen molar-refractivity contribution in [3.05, 3.63) is 76.8 Å². The maximum absolute atomic E-state index is 12.2. The molecule has 0 radical (unpaired) electrons. The molecule has 0 amide bonds. The Kier molecular flexibility index (Phi) is 7.29. The minimum absolute atomic E-state index is 0.0625. The molecule has 0 saturated carbocycles. The zero-order valence-electron chi connectivity index (χ0n) is 19.3. The van der Waals surface area contributed by atoms with Crippen LogP contribution in [0, 0.1) is 10.1 Å². The van der Waals surface area contributed by atoms with E-state index in [1.54, 1.807) is 30.3 Å². The largest absolute Gasteiger partial charge is 0.505 e. The van der Waals surface area contributed by atoms with Crippen LogP contribution in [-0.4, -0.2) is 36.7 Å². The fourth-order valence-electron chi connectivity index (χ4n) is 3.47. The van der Waals surface area contributed by atoms with Crippen molar-refractivity contribution >= 4 is 65.9 Å². The molecule has 39 heavy (non-hydrogen) atoms. The molecule has 0 aliphatic heterocycles. The summed E-state index contributed by atoms with van der Waals surface area (Å²) in [6, 6.07) is 14.6. The number of aromatic hydroxyl groups is 1. The number of azo groups is 2. The molecule has 0 spiro atoms. The highest BCUT2D eigenvalue weighted by Gasteiger charge is 2.29. The van der Waals surface area contributed by atoms with Crippen LogP contribution in [0.25, 0.3) is 10.8 Å². The average Bonchev–Trinajstić information content (AvgIpc) is 2.86. The second-order valence-corrected chi connectivity index (χ2v) is 10.7. The predicted octanol–water partition coefficient (Wildman–Crippen LogP) is 6.70. The molecule has 0 unspecified atom stereocenters. The molecule has 0 aliphatic carbocycles. The molecule has 202 valence electrons. The standard InChI is InChI=1S/C22H18N6O9S2/c23-19-18-12(11-17(39(35,36)37)21(22(18)29)27-24-13-4-2-1-3-5-13)10-16(38(32,33)34)20(19)26-25-14-6-8-15(9-7-14)28(30)31/h1-11,29,35-37H,23H2,(H,32,33,34). The molecule has 0 aromatic heterocycles. The molecule has 15 nitrogen and oxygen atoms in total. The normalized spacial score (nSPS) is 12.9. The van der Waals surface area contributed by atoms with Gasteiger partial charge in [0.1, 0.15) is 27.1 Å². The third-order valence-electron chi connectivity index (χ3n) is 5.23. The van der Waals surface area contributed by atoms with Crippen LogP contribution in [0.4, 0.5) is 34.1 Å². The number of fused-ring (bicyclic) bond motifs is 1. The molecule has 7 N–H and O–H groups in total. The molecule has 0 heterocycles. The van der Waals surface area contributed by atoms with E-state index >= 15 is 0 Å². The van der Waals surface area contributed by atoms with Gasteiger partial charge in [-0.05, 0) is 41.8 Å². The lowest BCUT2D eigenvalue weighted by Gasteiger charge is -2.22. The number of hydrogen-bond donors (Lipinski definition) is 6. The van der Waals surface area contributed by atoms with Gasteiger partial charge in [-0.15, -0.1) is 10.2 Å². The zero-order valence-corrected chi connectivity index (χ0v) is 21.0. The number of nitrogens with two attached hydrogens (primary N) is 1. The van der Waals surface area contributed by atoms with E-state index in [1.165, 1.54) is 12.1 Å². The van der Waals surface area contributed by atoms with Gasteiger partial charge in [-0.25, -0.2) is 0 Å². The number of phenolic OH excluding ortho intramolecular Hbond substituents is 1. The minimum Gasteiger partial charge on any atom is -0.505 e. The van der Waals surface area contributed by atoms with Gasteiger partial charge in [0.15, 0.2) is 5.75 Å². The predicted molar refractivity (Wildman–Crippen MR) is 141 cm³/mol. The molecule has 0 aliphatic rings. The molecule has 0 fully saturated rings. The molecule has 17 heteroatoms. The Morgan fingerprint density at radius 2 is 1.31 bits per heavy atom. The lowest BCUT2D eigenvalue weighted by molar-refractivity contribution is -0.384. The van der Waals surface area contributed by atoms with Crippen LogP contribution in [0.1, 0.15) is 0 Å². The lowest BCUT2D eigenvalue weighted by Crippen LogP contribution is -2.03. The van der Waals surface area contributed by atoms with Gasteiger partial charge in [0.05, 0.1) is 32.3 Å². The summed E-state index contributed by atoms with van der Waals surface area (Å²) in [7, 11) is -9.55. The molecule has 0 saturated heterocycles. The smallest absolute Gasteiger partial charge is 0.296 e. The van der Waals surface area contributed by atoms with Gasteiger partial charge in [0.25, 0.3) is 15.8 Å². The highest BCUT2D eigenvalue weighted by atomic mass is 32.3. The Balaban J connectivity index is 1.97. The number of nitrogens with zero attached hydrogens (tertiary/aromatic N) is 5. The molecule has 4 rings (SSSR count). The van der Waals surface area contributed by atoms with Crippen LogP contribution in [0.2, 0.25) is 0 Å². The SMILES string of the molecule is Nc1c(N=Nc2ccc([N+](=O)[O-])cc2)c(S(=O)(=O)O)cc2cc(S(O)(O)O)c(N=Nc3ccccc3)c(O)c12. The number of phenols is 1. The quantitative estimate of drug-likeness (QED) is 0.0447. The molecular weight excluding hydrogens is 556 g/mol. The van der Waals surface area contributed by atoms with E-state index in [2.05, 4.69) is 20.5 Å². The number of nitrogen functional groups attached to an aromatic ring is 1. The first kappa shape index (κ1) is 27.5. The minimum atomic E-state index is -5.01. The number of non-ortho nitro benzene ring substituents is 1. The monoisotopic (exact) mass is 574 g/mol. The second kappa shape index (κ2) is 10.3. The van der Waals surface area contributed by atoms with Gasteiger partial charge in [0, 0.05) is 12.1 Å². The molecular formula is C22H18N6O9S2. The number of anilines is 1. The summed E-state index contributed by atoms with van der Waals surface area (Å²) in [5, 5.41) is 36.7. The van der Waals surface area contributed by atoms with Crippen LogP contribution >= 0.6 is 10.9 Å². The number of nitro groups is 1. The first-order valence-corrected chi connectivity index (χ1v) is 13.4. The maximum atomic E-state index is 12.2. The van der Waals surface area contributed by atoms with Gasteiger partial charge in [-0.2, -0.15) is 18.6 Å². The van der Waals surface area contributed by atoms with Crippen molar-refractivity contribution in [2.45, 2.75) is 9.79 Å². The summed E-state index contributed by atoms with van der Waals surface area (Å²) in [5.74, 6) is -0.817. The van der Waals surface area contributed by atoms with Crippen LogP contribution < -0.4 is 5.73 Å². The van der Waals surface area contributed by atoms with Crippen LogP contribution in [0.15, 0.2) is 97.0 Å². The van der Waals surface area contributed by atoms with Crippen molar-refractivity contribution < 1.29 is 36.7 Å². The first-order valence-electron chi connectivity index (χ1n) is 10.5. The first-order chi connectivity index (χ1) is 18.3. The van der Waals surface area contributed by atoms with E-state index in [-0.39, 0.29) is 22.1 Å². The highest BCUT2D eigenvalue weighted by Crippen LogP contribution is 2.56. The maximum Gasteiger partial charge on any atom is 0.296 e. The van der Waals surface area contributed by atoms with Crippen LogP contribution in [-0.2, 0) is 10.1 Å². The number of benzene rings is 4. The summed E-state index contributed by atoms with van der Waals surface area (Å²) in [5.41, 5.74) is 4.59. The van der Waals surface area contributed by atoms with Crippen LogP contribution in [0.3, 0.4) is 0 Å². The summed E-state index contributed by atoms with van der Waals surface area (Å²) in [6.45, 7) is 0. The number of nitro benzene ring substituents is 1. The van der Waals surface area contributed by atoms with Crippen molar-refractivity contribution in [3.63, 3.8) is 0 Å². The van der Waals surface area contributed by atoms with Gasteiger partial charge in [-0.1, -0.05) is 18.2 Å². The van der Waals surface area contributed by atoms with Crippen molar-refractivity contribution in [3.8, 4) is 5.75 Å². The third-order valence-corrected chi connectivity index (χ3v) is 7.00. The van der Waals surface area contributed by atoms with Crippen molar-refractivity contribution in [2.75, 3.05) is 5.73 Å². The van der Waals surface area contributed by atoms with E-state index < -0.39 is 58.5 Å². The molecule has 0 atom stereocenters. The van der Waals surface area contributed by atoms with E-state index in [0.717, 1.165) is 24.3 Å². The fraction of sp³-hybridized carbons (Fsp3) is 0. The topological polar surface area (TPSA) is 254 Å². The van der Waals surface area contributed by atoms with E-state index in [1.807, 2.05) is 0 Å². The summed E-state index contributed by atoms with van der Waals surface area (Å²) in [6.07, 6.45) is 0. The van der Waals surface area contributed by atoms with E-state index in [4.69, 9.17) is 5.73 Å². The molecule has 4 aromatic rings. The molecule has 0 bridgehead atoms. The average molecular weight is 575 g/mol. The van der Waals surface area contributed by atoms with Gasteiger partial charge in [0.2, 0.25) is 0 Å². The summed E-state index contributed by atoms with van der Waals surface area (Å²) in [4.78, 5) is 8.65. The summed E-state index contributed by atoms with van der Waals surface area (Å²) < 4.78 is 64.1. The van der Waals surface area contributed by atoms with Crippen molar-refractivity contribution in [1.82, 2.24) is 0 Å². The van der Waals surface area contributed by atoms with Gasteiger partial charge < -0.3 is 24.5 Å².